The first-order valence-electron chi connectivity index (χ1n) is 6.33. The van der Waals surface area contributed by atoms with Crippen LogP contribution in [-0.4, -0.2) is 28.5 Å². The molecule has 2 aromatic heterocycles. The summed E-state index contributed by atoms with van der Waals surface area (Å²) in [5.41, 5.74) is 1.64. The third-order valence-corrected chi connectivity index (χ3v) is 3.70. The quantitative estimate of drug-likeness (QED) is 0.758. The average Bonchev–Trinajstić information content (AvgIpc) is 2.97. The van der Waals surface area contributed by atoms with E-state index < -0.39 is 0 Å². The molecule has 0 aliphatic carbocycles. The van der Waals surface area contributed by atoms with Gasteiger partial charge in [0.15, 0.2) is 11.5 Å². The molecule has 7 heteroatoms. The minimum absolute atomic E-state index is 0.677. The highest BCUT2D eigenvalue weighted by atomic mass is 79.9. The topological polar surface area (TPSA) is 63.5 Å². The molecule has 0 spiro atoms. The molecule has 2 heterocycles. The number of rotatable bonds is 4. The van der Waals surface area contributed by atoms with E-state index in [-0.39, 0.29) is 0 Å². The van der Waals surface area contributed by atoms with Crippen molar-refractivity contribution >= 4 is 38.9 Å². The van der Waals surface area contributed by atoms with Gasteiger partial charge in [-0.2, -0.15) is 0 Å². The van der Waals surface area contributed by atoms with Crippen molar-refractivity contribution in [1.82, 2.24) is 14.4 Å². The number of imidazole rings is 1. The highest BCUT2D eigenvalue weighted by Gasteiger charge is 2.09. The fourth-order valence-corrected chi connectivity index (χ4v) is 2.42. The molecule has 0 saturated heterocycles. The molecule has 0 unspecified atom stereocenters. The molecule has 108 valence electrons. The molecule has 1 aromatic carbocycles. The zero-order valence-electron chi connectivity index (χ0n) is 11.6. The highest BCUT2D eigenvalue weighted by Crippen LogP contribution is 2.30. The van der Waals surface area contributed by atoms with Gasteiger partial charge in [-0.05, 0) is 28.1 Å². The fraction of sp³-hybridized carbons (Fsp3) is 0.143. The van der Waals surface area contributed by atoms with Gasteiger partial charge < -0.3 is 19.8 Å². The van der Waals surface area contributed by atoms with Crippen molar-refractivity contribution in [1.29, 1.82) is 0 Å². The Balaban J connectivity index is 2.03. The molecule has 0 bridgehead atoms. The predicted octanol–water partition coefficient (Wildman–Crippen LogP) is 3.29. The largest absolute Gasteiger partial charge is 0.495 e. The second-order valence-corrected chi connectivity index (χ2v) is 5.21. The van der Waals surface area contributed by atoms with Crippen molar-refractivity contribution in [2.75, 3.05) is 24.8 Å². The van der Waals surface area contributed by atoms with E-state index in [1.165, 1.54) is 0 Å². The monoisotopic (exact) mass is 347 g/mol. The van der Waals surface area contributed by atoms with E-state index in [2.05, 4.69) is 36.5 Å². The summed E-state index contributed by atoms with van der Waals surface area (Å²) in [6.07, 6.45) is 5.50. The minimum atomic E-state index is 0.677. The van der Waals surface area contributed by atoms with Gasteiger partial charge in [0.25, 0.3) is 0 Å². The SMILES string of the molecule is CNc1cn2ccnc2c(Nc2ccc(Br)c(OC)c2)n1. The number of nitrogens with zero attached hydrogens (tertiary/aromatic N) is 3. The lowest BCUT2D eigenvalue weighted by Crippen LogP contribution is -2.02. The molecule has 21 heavy (non-hydrogen) atoms. The molecule has 0 amide bonds. The number of ether oxygens (including phenoxy) is 1. The van der Waals surface area contributed by atoms with Gasteiger partial charge in [0.1, 0.15) is 11.6 Å². The molecule has 0 saturated carbocycles. The summed E-state index contributed by atoms with van der Waals surface area (Å²) in [6.45, 7) is 0. The maximum Gasteiger partial charge on any atom is 0.180 e. The van der Waals surface area contributed by atoms with E-state index in [1.807, 2.05) is 42.0 Å². The molecule has 3 rings (SSSR count). The third-order valence-electron chi connectivity index (χ3n) is 3.04. The zero-order chi connectivity index (χ0) is 14.8. The molecule has 0 atom stereocenters. The van der Waals surface area contributed by atoms with Crippen molar-refractivity contribution < 1.29 is 4.74 Å². The Morgan fingerprint density at radius 1 is 1.33 bits per heavy atom. The second-order valence-electron chi connectivity index (χ2n) is 4.36. The van der Waals surface area contributed by atoms with Crippen LogP contribution in [0.4, 0.5) is 17.3 Å². The normalized spacial score (nSPS) is 10.6. The molecule has 6 nitrogen and oxygen atoms in total. The van der Waals surface area contributed by atoms with Gasteiger partial charge in [-0.1, -0.05) is 0 Å². The van der Waals surface area contributed by atoms with E-state index in [4.69, 9.17) is 4.74 Å². The molecule has 0 radical (unpaired) electrons. The number of hydrogen-bond donors (Lipinski definition) is 2. The zero-order valence-corrected chi connectivity index (χ0v) is 13.2. The van der Waals surface area contributed by atoms with Gasteiger partial charge in [-0.3, -0.25) is 0 Å². The van der Waals surface area contributed by atoms with Crippen molar-refractivity contribution in [2.45, 2.75) is 0 Å². The van der Waals surface area contributed by atoms with Crippen molar-refractivity contribution in [2.24, 2.45) is 0 Å². The van der Waals surface area contributed by atoms with E-state index in [0.29, 0.717) is 5.82 Å². The van der Waals surface area contributed by atoms with Crippen LogP contribution < -0.4 is 15.4 Å². The van der Waals surface area contributed by atoms with E-state index in [1.54, 1.807) is 13.3 Å². The molecule has 2 N–H and O–H groups in total. The Morgan fingerprint density at radius 2 is 2.19 bits per heavy atom. The average molecular weight is 348 g/mol. The molecule has 0 aliphatic heterocycles. The summed E-state index contributed by atoms with van der Waals surface area (Å²) in [6, 6.07) is 5.77. The number of nitrogens with one attached hydrogen (secondary N) is 2. The first-order valence-corrected chi connectivity index (χ1v) is 7.12. The van der Waals surface area contributed by atoms with Gasteiger partial charge in [0, 0.05) is 31.2 Å². The van der Waals surface area contributed by atoms with Crippen LogP contribution in [0.1, 0.15) is 0 Å². The number of anilines is 3. The van der Waals surface area contributed by atoms with E-state index >= 15 is 0 Å². The third kappa shape index (κ3) is 2.64. The summed E-state index contributed by atoms with van der Waals surface area (Å²) in [4.78, 5) is 8.83. The van der Waals surface area contributed by atoms with Crippen LogP contribution in [0.25, 0.3) is 5.65 Å². The van der Waals surface area contributed by atoms with Gasteiger partial charge in [-0.25, -0.2) is 9.97 Å². The second kappa shape index (κ2) is 5.61. The Kier molecular flexibility index (Phi) is 3.66. The van der Waals surface area contributed by atoms with Gasteiger partial charge in [-0.15, -0.1) is 0 Å². The van der Waals surface area contributed by atoms with Crippen molar-refractivity contribution in [3.05, 3.63) is 41.3 Å². The molecule has 3 aromatic rings. The maximum atomic E-state index is 5.30. The number of halogens is 1. The molecule has 0 aliphatic rings. The van der Waals surface area contributed by atoms with Crippen molar-refractivity contribution in [3.63, 3.8) is 0 Å². The van der Waals surface area contributed by atoms with E-state index in [9.17, 15) is 0 Å². The van der Waals surface area contributed by atoms with Crippen LogP contribution in [0.5, 0.6) is 5.75 Å². The standard InChI is InChI=1S/C14H14BrN5O/c1-16-12-8-20-6-5-17-14(20)13(19-12)18-9-3-4-10(15)11(7-9)21-2/h3-8,16H,1-2H3,(H,18,19). The van der Waals surface area contributed by atoms with Crippen LogP contribution in [0.3, 0.4) is 0 Å². The Labute approximate surface area is 130 Å². The minimum Gasteiger partial charge on any atom is -0.495 e. The number of hydrogen-bond acceptors (Lipinski definition) is 5. The Hall–Kier alpha value is -2.28. The number of methoxy groups -OCH3 is 1. The lowest BCUT2D eigenvalue weighted by atomic mass is 10.3. The van der Waals surface area contributed by atoms with Crippen molar-refractivity contribution in [3.8, 4) is 5.75 Å². The number of benzene rings is 1. The summed E-state index contributed by atoms with van der Waals surface area (Å²) in [7, 11) is 3.47. The summed E-state index contributed by atoms with van der Waals surface area (Å²) in [5, 5.41) is 6.31. The van der Waals surface area contributed by atoms with Crippen LogP contribution in [0, 0.1) is 0 Å². The molecular formula is C14H14BrN5O. The maximum absolute atomic E-state index is 5.30. The first kappa shape index (κ1) is 13.7. The van der Waals surface area contributed by atoms with Crippen LogP contribution in [0.15, 0.2) is 41.3 Å². The first-order chi connectivity index (χ1) is 10.2. The van der Waals surface area contributed by atoms with Gasteiger partial charge in [0.05, 0.1) is 17.8 Å². The lowest BCUT2D eigenvalue weighted by molar-refractivity contribution is 0.412. The fourth-order valence-electron chi connectivity index (χ4n) is 2.01. The predicted molar refractivity (Wildman–Crippen MR) is 86.5 cm³/mol. The highest BCUT2D eigenvalue weighted by molar-refractivity contribution is 9.10. The van der Waals surface area contributed by atoms with Gasteiger partial charge >= 0.3 is 0 Å². The van der Waals surface area contributed by atoms with Crippen LogP contribution in [-0.2, 0) is 0 Å². The Morgan fingerprint density at radius 3 is 2.95 bits per heavy atom. The molecule has 0 fully saturated rings. The summed E-state index contributed by atoms with van der Waals surface area (Å²) < 4.78 is 8.12. The molecular weight excluding hydrogens is 334 g/mol. The number of fused-ring (bicyclic) bond motifs is 1. The van der Waals surface area contributed by atoms with Gasteiger partial charge in [0.2, 0.25) is 0 Å². The summed E-state index contributed by atoms with van der Waals surface area (Å²) in [5.74, 6) is 2.19. The Bertz CT molecular complexity index is 786. The summed E-state index contributed by atoms with van der Waals surface area (Å²) >= 11 is 3.44. The van der Waals surface area contributed by atoms with Crippen LogP contribution >= 0.6 is 15.9 Å². The number of aromatic nitrogens is 3. The van der Waals surface area contributed by atoms with Crippen LogP contribution in [0.2, 0.25) is 0 Å². The smallest absolute Gasteiger partial charge is 0.180 e. The lowest BCUT2D eigenvalue weighted by Gasteiger charge is -2.11. The van der Waals surface area contributed by atoms with E-state index in [0.717, 1.165) is 27.4 Å².